The fourth-order valence-corrected chi connectivity index (χ4v) is 1.69. The van der Waals surface area contributed by atoms with Crippen LogP contribution in [0.4, 0.5) is 0 Å². The zero-order valence-corrected chi connectivity index (χ0v) is 8.91. The van der Waals surface area contributed by atoms with Crippen molar-refractivity contribution in [3.63, 3.8) is 0 Å². The van der Waals surface area contributed by atoms with Gasteiger partial charge < -0.3 is 9.94 Å². The molecule has 15 heavy (non-hydrogen) atoms. The average Bonchev–Trinajstić information content (AvgIpc) is 2.26. The van der Waals surface area contributed by atoms with Crippen LogP contribution in [0.5, 0.6) is 5.75 Å². The molecule has 0 aliphatic rings. The molecule has 0 aliphatic heterocycles. The van der Waals surface area contributed by atoms with Crippen molar-refractivity contribution in [3.05, 3.63) is 28.8 Å². The molecule has 3 N–H and O–H groups in total. The second-order valence-corrected chi connectivity index (χ2v) is 3.21. The van der Waals surface area contributed by atoms with Gasteiger partial charge in [0.25, 0.3) is 0 Å². The lowest BCUT2D eigenvalue weighted by atomic mass is 9.98. The Morgan fingerprint density at radius 2 is 2.07 bits per heavy atom. The van der Waals surface area contributed by atoms with Gasteiger partial charge >= 0.3 is 5.97 Å². The van der Waals surface area contributed by atoms with Crippen LogP contribution in [0.25, 0.3) is 0 Å². The molecule has 0 saturated carbocycles. The highest BCUT2D eigenvalue weighted by molar-refractivity contribution is 5.91. The molecule has 4 nitrogen and oxygen atoms in total. The maximum Gasteiger partial charge on any atom is 0.339 e. The van der Waals surface area contributed by atoms with Crippen molar-refractivity contribution in [1.29, 1.82) is 0 Å². The number of benzene rings is 1. The molecule has 0 unspecified atom stereocenters. The topological polar surface area (TPSA) is 72.5 Å². The van der Waals surface area contributed by atoms with Gasteiger partial charge in [-0.1, -0.05) is 19.9 Å². The van der Waals surface area contributed by atoms with E-state index >= 15 is 0 Å². The third-order valence-corrected chi connectivity index (χ3v) is 2.44. The second kappa shape index (κ2) is 4.79. The maximum atomic E-state index is 10.9. The number of nitrogens with two attached hydrogens (primary N) is 1. The van der Waals surface area contributed by atoms with Crippen LogP contribution in [-0.4, -0.2) is 11.1 Å². The Morgan fingerprint density at radius 3 is 2.47 bits per heavy atom. The summed E-state index contributed by atoms with van der Waals surface area (Å²) in [6.07, 6.45) is 1.54. The number of carboxylic acids is 1. The molecule has 82 valence electrons. The Balaban J connectivity index is 3.40. The van der Waals surface area contributed by atoms with Gasteiger partial charge in [-0.05, 0) is 24.5 Å². The molecule has 1 rings (SSSR count). The van der Waals surface area contributed by atoms with Crippen molar-refractivity contribution >= 4 is 5.97 Å². The molecule has 0 heterocycles. The molecule has 0 atom stereocenters. The van der Waals surface area contributed by atoms with Gasteiger partial charge in [-0.2, -0.15) is 5.90 Å². The summed E-state index contributed by atoms with van der Waals surface area (Å²) >= 11 is 0. The normalized spacial score (nSPS) is 10.1. The van der Waals surface area contributed by atoms with E-state index in [9.17, 15) is 4.79 Å². The molecule has 0 fully saturated rings. The van der Waals surface area contributed by atoms with Gasteiger partial charge in [0, 0.05) is 5.56 Å². The molecule has 0 spiro atoms. The van der Waals surface area contributed by atoms with E-state index < -0.39 is 5.97 Å². The van der Waals surface area contributed by atoms with Crippen molar-refractivity contribution in [3.8, 4) is 5.75 Å². The molecule has 1 aromatic carbocycles. The molecule has 0 radical (unpaired) electrons. The first kappa shape index (κ1) is 11.5. The summed E-state index contributed by atoms with van der Waals surface area (Å²) in [7, 11) is 0. The van der Waals surface area contributed by atoms with Crippen LogP contribution < -0.4 is 10.7 Å². The van der Waals surface area contributed by atoms with Crippen molar-refractivity contribution in [2.45, 2.75) is 26.7 Å². The molecule has 0 aliphatic carbocycles. The Labute approximate surface area is 88.6 Å². The van der Waals surface area contributed by atoms with E-state index in [-0.39, 0.29) is 11.3 Å². The van der Waals surface area contributed by atoms with Crippen molar-refractivity contribution in [1.82, 2.24) is 0 Å². The summed E-state index contributed by atoms with van der Waals surface area (Å²) in [5.74, 6) is 4.39. The molecule has 0 bridgehead atoms. The monoisotopic (exact) mass is 209 g/mol. The van der Waals surface area contributed by atoms with Crippen LogP contribution in [0.1, 0.15) is 35.3 Å². The van der Waals surface area contributed by atoms with Gasteiger partial charge in [0.1, 0.15) is 5.56 Å². The quantitative estimate of drug-likeness (QED) is 0.741. The Kier molecular flexibility index (Phi) is 3.68. The average molecular weight is 209 g/mol. The maximum absolute atomic E-state index is 10.9. The van der Waals surface area contributed by atoms with E-state index in [1.807, 2.05) is 19.9 Å². The Bertz CT molecular complexity index is 374. The zero-order valence-electron chi connectivity index (χ0n) is 8.91. The number of rotatable bonds is 4. The van der Waals surface area contributed by atoms with E-state index in [1.54, 1.807) is 0 Å². The number of aromatic carboxylic acids is 1. The SMILES string of the molecule is CCc1ccc(C(=O)O)c(ON)c1CC. The fraction of sp³-hybridized carbons (Fsp3) is 0.364. The number of hydrogen-bond donors (Lipinski definition) is 2. The van der Waals surface area contributed by atoms with Crippen LogP contribution in [-0.2, 0) is 12.8 Å². The number of carboxylic acid groups (broad SMARTS) is 1. The summed E-state index contributed by atoms with van der Waals surface area (Å²) in [6.45, 7) is 3.96. The Morgan fingerprint density at radius 1 is 1.40 bits per heavy atom. The van der Waals surface area contributed by atoms with Crippen LogP contribution in [0.2, 0.25) is 0 Å². The zero-order chi connectivity index (χ0) is 11.4. The summed E-state index contributed by atoms with van der Waals surface area (Å²) in [6, 6.07) is 3.34. The smallest absolute Gasteiger partial charge is 0.339 e. The molecule has 0 saturated heterocycles. The first-order valence-electron chi connectivity index (χ1n) is 4.90. The number of carbonyl (C=O) groups is 1. The second-order valence-electron chi connectivity index (χ2n) is 3.21. The van der Waals surface area contributed by atoms with Crippen LogP contribution >= 0.6 is 0 Å². The fourth-order valence-electron chi connectivity index (χ4n) is 1.69. The third-order valence-electron chi connectivity index (χ3n) is 2.44. The van der Waals surface area contributed by atoms with Gasteiger partial charge in [-0.25, -0.2) is 4.79 Å². The first-order chi connectivity index (χ1) is 7.15. The van der Waals surface area contributed by atoms with Gasteiger partial charge in [0.2, 0.25) is 0 Å². The number of hydrogen-bond acceptors (Lipinski definition) is 3. The van der Waals surface area contributed by atoms with E-state index in [2.05, 4.69) is 0 Å². The third kappa shape index (κ3) is 2.10. The lowest BCUT2D eigenvalue weighted by molar-refractivity contribution is 0.0692. The predicted octanol–water partition coefficient (Wildman–Crippen LogP) is 1.76. The van der Waals surface area contributed by atoms with Crippen LogP contribution in [0, 0.1) is 0 Å². The highest BCUT2D eigenvalue weighted by atomic mass is 16.6. The van der Waals surface area contributed by atoms with Gasteiger partial charge in [-0.15, -0.1) is 0 Å². The van der Waals surface area contributed by atoms with Crippen molar-refractivity contribution in [2.75, 3.05) is 0 Å². The number of aryl methyl sites for hydroxylation is 1. The minimum absolute atomic E-state index is 0.117. The summed E-state index contributed by atoms with van der Waals surface area (Å²) in [5.41, 5.74) is 2.06. The summed E-state index contributed by atoms with van der Waals surface area (Å²) in [4.78, 5) is 15.6. The van der Waals surface area contributed by atoms with E-state index in [0.717, 1.165) is 17.5 Å². The molecule has 4 heteroatoms. The highest BCUT2D eigenvalue weighted by Gasteiger charge is 2.17. The lowest BCUT2D eigenvalue weighted by Gasteiger charge is -2.12. The molecule has 1 aromatic rings. The molecular weight excluding hydrogens is 194 g/mol. The van der Waals surface area contributed by atoms with Gasteiger partial charge in [0.15, 0.2) is 5.75 Å². The standard InChI is InChI=1S/C11H15NO3/c1-3-7-5-6-9(11(13)14)10(15-12)8(7)4-2/h5-6H,3-4,12H2,1-2H3,(H,13,14). The summed E-state index contributed by atoms with van der Waals surface area (Å²) < 4.78 is 0. The molecule has 0 aromatic heterocycles. The van der Waals surface area contributed by atoms with E-state index in [4.69, 9.17) is 15.8 Å². The van der Waals surface area contributed by atoms with Gasteiger partial charge in [-0.3, -0.25) is 0 Å². The largest absolute Gasteiger partial charge is 0.478 e. The lowest BCUT2D eigenvalue weighted by Crippen LogP contribution is -2.11. The first-order valence-corrected chi connectivity index (χ1v) is 4.90. The minimum atomic E-state index is -1.02. The highest BCUT2D eigenvalue weighted by Crippen LogP contribution is 2.27. The van der Waals surface area contributed by atoms with Crippen LogP contribution in [0.15, 0.2) is 12.1 Å². The van der Waals surface area contributed by atoms with E-state index in [0.29, 0.717) is 6.42 Å². The van der Waals surface area contributed by atoms with Gasteiger partial charge in [0.05, 0.1) is 0 Å². The minimum Gasteiger partial charge on any atom is -0.478 e. The summed E-state index contributed by atoms with van der Waals surface area (Å²) in [5, 5.41) is 8.94. The molecular formula is C11H15NO3. The van der Waals surface area contributed by atoms with Crippen LogP contribution in [0.3, 0.4) is 0 Å². The molecule has 0 amide bonds. The predicted molar refractivity (Wildman–Crippen MR) is 57.0 cm³/mol. The van der Waals surface area contributed by atoms with Crippen molar-refractivity contribution < 1.29 is 14.7 Å². The Hall–Kier alpha value is -1.55. The van der Waals surface area contributed by atoms with E-state index in [1.165, 1.54) is 6.07 Å². The van der Waals surface area contributed by atoms with Crippen molar-refractivity contribution in [2.24, 2.45) is 5.90 Å².